The maximum atomic E-state index is 13.5. The van der Waals surface area contributed by atoms with Crippen molar-refractivity contribution in [3.05, 3.63) is 83.5 Å². The predicted molar refractivity (Wildman–Crippen MR) is 135 cm³/mol. The van der Waals surface area contributed by atoms with Crippen LogP contribution in [0.3, 0.4) is 0 Å². The molecule has 0 aliphatic heterocycles. The van der Waals surface area contributed by atoms with E-state index in [4.69, 9.17) is 21.4 Å². The van der Waals surface area contributed by atoms with E-state index in [-0.39, 0.29) is 31.1 Å². The minimum atomic E-state index is -4.21. The number of benzene rings is 3. The average Bonchev–Trinajstić information content (AvgIpc) is 3.33. The third kappa shape index (κ3) is 5.02. The Balaban J connectivity index is 1.73. The third-order valence-electron chi connectivity index (χ3n) is 5.48. The van der Waals surface area contributed by atoms with Crippen molar-refractivity contribution >= 4 is 21.6 Å². The molecule has 0 saturated heterocycles. The number of phenolic OH excluding ortho intramolecular Hbond substituents is 2. The monoisotopic (exact) mass is 529 g/mol. The number of aliphatic hydroxyl groups is 1. The molecule has 0 aliphatic carbocycles. The van der Waals surface area contributed by atoms with E-state index in [1.54, 1.807) is 54.6 Å². The number of sulfonamides is 1. The topological polar surface area (TPSA) is 125 Å². The molecule has 0 radical (unpaired) electrons. The number of hydrogen-bond donors (Lipinski definition) is 3. The van der Waals surface area contributed by atoms with Crippen molar-refractivity contribution in [3.63, 3.8) is 0 Å². The highest BCUT2D eigenvalue weighted by molar-refractivity contribution is 7.89. The van der Waals surface area contributed by atoms with Crippen molar-refractivity contribution in [2.45, 2.75) is 11.4 Å². The SMILES string of the molecule is CN(Cc1ccccc1OCCO)S(=O)(=O)c1cc(-c2ccnn2-c2ccccc2Cl)c(O)cc1O. The second-order valence-corrected chi connectivity index (χ2v) is 10.3. The van der Waals surface area contributed by atoms with Crippen molar-refractivity contribution in [1.29, 1.82) is 0 Å². The van der Waals surface area contributed by atoms with E-state index < -0.39 is 20.7 Å². The molecule has 188 valence electrons. The van der Waals surface area contributed by atoms with Crippen LogP contribution in [-0.4, -0.2) is 58.1 Å². The Hall–Kier alpha value is -3.57. The zero-order valence-corrected chi connectivity index (χ0v) is 20.8. The van der Waals surface area contributed by atoms with Crippen LogP contribution in [0.25, 0.3) is 16.9 Å². The van der Waals surface area contributed by atoms with Gasteiger partial charge in [0.25, 0.3) is 0 Å². The normalized spacial score (nSPS) is 11.7. The van der Waals surface area contributed by atoms with Gasteiger partial charge in [-0.25, -0.2) is 13.1 Å². The molecule has 4 rings (SSSR count). The van der Waals surface area contributed by atoms with Gasteiger partial charge in [-0.2, -0.15) is 9.40 Å². The molecule has 1 aromatic heterocycles. The standard InChI is InChI=1S/C25H24ClN3O6S/c1-28(16-17-6-2-5-9-24(17)35-13-12-30)36(33,34)25-14-18(22(31)15-23(25)32)20-10-11-27-29(20)21-8-4-3-7-19(21)26/h2-11,14-15,30-32H,12-13,16H2,1H3. The van der Waals surface area contributed by atoms with Crippen LogP contribution in [-0.2, 0) is 16.6 Å². The van der Waals surface area contributed by atoms with E-state index in [2.05, 4.69) is 5.10 Å². The van der Waals surface area contributed by atoms with Gasteiger partial charge >= 0.3 is 0 Å². The fourth-order valence-electron chi connectivity index (χ4n) is 3.72. The molecule has 0 aliphatic rings. The highest BCUT2D eigenvalue weighted by Crippen LogP contribution is 2.39. The van der Waals surface area contributed by atoms with Gasteiger partial charge in [0.2, 0.25) is 10.0 Å². The molecule has 0 amide bonds. The molecule has 0 bridgehead atoms. The van der Waals surface area contributed by atoms with Gasteiger partial charge in [-0.1, -0.05) is 41.9 Å². The summed E-state index contributed by atoms with van der Waals surface area (Å²) in [6.45, 7) is -0.177. The lowest BCUT2D eigenvalue weighted by Gasteiger charge is -2.20. The first-order valence-electron chi connectivity index (χ1n) is 10.9. The minimum Gasteiger partial charge on any atom is -0.507 e. The van der Waals surface area contributed by atoms with Crippen molar-refractivity contribution < 1.29 is 28.5 Å². The fraction of sp³-hybridized carbons (Fsp3) is 0.160. The zero-order chi connectivity index (χ0) is 25.9. The van der Waals surface area contributed by atoms with Gasteiger partial charge in [0.1, 0.15) is 28.8 Å². The molecule has 0 unspecified atom stereocenters. The van der Waals surface area contributed by atoms with Crippen LogP contribution in [0.4, 0.5) is 0 Å². The third-order valence-corrected chi connectivity index (χ3v) is 7.63. The Morgan fingerprint density at radius 1 is 1.03 bits per heavy atom. The molecule has 36 heavy (non-hydrogen) atoms. The van der Waals surface area contributed by atoms with E-state index in [1.807, 2.05) is 0 Å². The first-order chi connectivity index (χ1) is 17.2. The quantitative estimate of drug-likeness (QED) is 0.301. The maximum absolute atomic E-state index is 13.5. The largest absolute Gasteiger partial charge is 0.507 e. The number of ether oxygens (including phenoxy) is 1. The molecule has 0 spiro atoms. The highest BCUT2D eigenvalue weighted by atomic mass is 35.5. The Bertz CT molecular complexity index is 1490. The van der Waals surface area contributed by atoms with Crippen LogP contribution in [0.1, 0.15) is 5.56 Å². The second-order valence-electron chi connectivity index (χ2n) is 7.86. The number of phenols is 2. The molecule has 11 heteroatoms. The second kappa shape index (κ2) is 10.6. The Kier molecular flexibility index (Phi) is 7.51. The maximum Gasteiger partial charge on any atom is 0.246 e. The van der Waals surface area contributed by atoms with Crippen LogP contribution in [0, 0.1) is 0 Å². The van der Waals surface area contributed by atoms with Gasteiger partial charge < -0.3 is 20.1 Å². The van der Waals surface area contributed by atoms with Crippen LogP contribution in [0.5, 0.6) is 17.2 Å². The van der Waals surface area contributed by atoms with Crippen molar-refractivity contribution in [1.82, 2.24) is 14.1 Å². The molecule has 1 heterocycles. The summed E-state index contributed by atoms with van der Waals surface area (Å²) in [6.07, 6.45) is 1.49. The Morgan fingerprint density at radius 2 is 1.75 bits per heavy atom. The molecule has 0 atom stereocenters. The van der Waals surface area contributed by atoms with Gasteiger partial charge in [-0.3, -0.25) is 0 Å². The number of aromatic nitrogens is 2. The predicted octanol–water partition coefficient (Wildman–Crippen LogP) is 3.80. The van der Waals surface area contributed by atoms with Gasteiger partial charge in [0.15, 0.2) is 0 Å². The van der Waals surface area contributed by atoms with Crippen LogP contribution in [0.15, 0.2) is 77.8 Å². The number of para-hydroxylation sites is 2. The van der Waals surface area contributed by atoms with E-state index in [0.717, 1.165) is 10.4 Å². The smallest absolute Gasteiger partial charge is 0.246 e. The zero-order valence-electron chi connectivity index (χ0n) is 19.2. The first-order valence-corrected chi connectivity index (χ1v) is 12.7. The molecule has 3 N–H and O–H groups in total. The first kappa shape index (κ1) is 25.5. The summed E-state index contributed by atoms with van der Waals surface area (Å²) in [5.41, 5.74) is 1.63. The summed E-state index contributed by atoms with van der Waals surface area (Å²) in [6, 6.07) is 17.6. The molecule has 4 aromatic rings. The van der Waals surface area contributed by atoms with Gasteiger partial charge in [0, 0.05) is 30.8 Å². The van der Waals surface area contributed by atoms with Crippen LogP contribution >= 0.6 is 11.6 Å². The lowest BCUT2D eigenvalue weighted by atomic mass is 10.1. The molecular formula is C25H24ClN3O6S. The molecule has 9 nitrogen and oxygen atoms in total. The Morgan fingerprint density at radius 3 is 2.50 bits per heavy atom. The minimum absolute atomic E-state index is 0.0584. The average molecular weight is 530 g/mol. The van der Waals surface area contributed by atoms with Crippen molar-refractivity contribution in [2.75, 3.05) is 20.3 Å². The van der Waals surface area contributed by atoms with Gasteiger partial charge in [0.05, 0.1) is 29.2 Å². The van der Waals surface area contributed by atoms with Crippen molar-refractivity contribution in [2.24, 2.45) is 0 Å². The van der Waals surface area contributed by atoms with Crippen LogP contribution in [0.2, 0.25) is 5.02 Å². The summed E-state index contributed by atoms with van der Waals surface area (Å²) in [5.74, 6) is -0.491. The summed E-state index contributed by atoms with van der Waals surface area (Å²) >= 11 is 6.32. The van der Waals surface area contributed by atoms with E-state index in [1.165, 1.54) is 24.0 Å². The van der Waals surface area contributed by atoms with Gasteiger partial charge in [-0.05, 0) is 30.3 Å². The number of rotatable bonds is 9. The van der Waals surface area contributed by atoms with E-state index in [0.29, 0.717) is 27.7 Å². The summed E-state index contributed by atoms with van der Waals surface area (Å²) in [5, 5.41) is 34.8. The van der Waals surface area contributed by atoms with E-state index >= 15 is 0 Å². The number of nitrogens with zero attached hydrogens (tertiary/aromatic N) is 3. The van der Waals surface area contributed by atoms with Crippen molar-refractivity contribution in [3.8, 4) is 34.2 Å². The number of aliphatic hydroxyl groups excluding tert-OH is 1. The summed E-state index contributed by atoms with van der Waals surface area (Å²) in [7, 11) is -2.84. The lowest BCUT2D eigenvalue weighted by molar-refractivity contribution is 0.199. The highest BCUT2D eigenvalue weighted by Gasteiger charge is 2.28. The molecule has 0 fully saturated rings. The Labute approximate surface area is 213 Å². The number of halogens is 1. The van der Waals surface area contributed by atoms with Crippen LogP contribution < -0.4 is 4.74 Å². The molecule has 0 saturated carbocycles. The van der Waals surface area contributed by atoms with Gasteiger partial charge in [-0.15, -0.1) is 0 Å². The summed E-state index contributed by atoms with van der Waals surface area (Å²) in [4.78, 5) is -0.390. The number of hydrogen-bond acceptors (Lipinski definition) is 7. The summed E-state index contributed by atoms with van der Waals surface area (Å²) < 4.78 is 35.0. The lowest BCUT2D eigenvalue weighted by Crippen LogP contribution is -2.27. The molecular weight excluding hydrogens is 506 g/mol. The van der Waals surface area contributed by atoms with E-state index in [9.17, 15) is 18.6 Å². The number of aromatic hydroxyl groups is 2. The molecule has 3 aromatic carbocycles. The fourth-order valence-corrected chi connectivity index (χ4v) is 5.17.